The number of rotatable bonds is 11. The Bertz CT molecular complexity index is 1940. The first kappa shape index (κ1) is 32.7. The van der Waals surface area contributed by atoms with Crippen LogP contribution < -0.4 is 14.4 Å². The molecule has 8 nitrogen and oxygen atoms in total. The summed E-state index contributed by atoms with van der Waals surface area (Å²) >= 11 is 0. The standard InChI is InChI=1S/C40H40N2O6/c1-7-39(5,8-2)25-14-16-27(17-15-25)47-28-13-11-12-26(22-28)41-35(43)31-20-18-29(23-33(31)36(41)44)48-30-19-21-32-34(24-30)38(46)42(37(32)45)40(6,9-3)10-4/h11-24H,7-10H2,1-6H3. The maximum Gasteiger partial charge on any atom is 0.266 e. The predicted octanol–water partition coefficient (Wildman–Crippen LogP) is 9.32. The molecule has 0 fully saturated rings. The van der Waals surface area contributed by atoms with Crippen LogP contribution in [0.4, 0.5) is 5.69 Å². The van der Waals surface area contributed by atoms with Crippen LogP contribution in [-0.2, 0) is 5.41 Å². The molecule has 0 radical (unpaired) electrons. The quantitative estimate of drug-likeness (QED) is 0.151. The average molecular weight is 645 g/mol. The summed E-state index contributed by atoms with van der Waals surface area (Å²) in [5, 5.41) is 0. The van der Waals surface area contributed by atoms with E-state index in [1.54, 1.807) is 54.6 Å². The Kier molecular flexibility index (Phi) is 8.45. The van der Waals surface area contributed by atoms with Gasteiger partial charge in [0.25, 0.3) is 23.6 Å². The van der Waals surface area contributed by atoms with Crippen molar-refractivity contribution in [2.24, 2.45) is 0 Å². The molecule has 8 heteroatoms. The third kappa shape index (κ3) is 5.45. The van der Waals surface area contributed by atoms with Gasteiger partial charge in [0.2, 0.25) is 0 Å². The summed E-state index contributed by atoms with van der Waals surface area (Å²) in [6.45, 7) is 12.5. The Morgan fingerprint density at radius 3 is 1.58 bits per heavy atom. The fourth-order valence-electron chi connectivity index (χ4n) is 6.40. The number of nitrogens with zero attached hydrogens (tertiary/aromatic N) is 2. The topological polar surface area (TPSA) is 93.2 Å². The van der Waals surface area contributed by atoms with Crippen molar-refractivity contribution in [2.45, 2.75) is 78.2 Å². The Balaban J connectivity index is 1.20. The Labute approximate surface area is 281 Å². The van der Waals surface area contributed by atoms with E-state index in [1.165, 1.54) is 16.5 Å². The summed E-state index contributed by atoms with van der Waals surface area (Å²) in [5.74, 6) is 0.222. The molecule has 246 valence electrons. The lowest BCUT2D eigenvalue weighted by Gasteiger charge is -2.35. The SMILES string of the molecule is CCC(C)(CC)c1ccc(Oc2cccc(N3C(=O)c4ccc(Oc5ccc6c(c5)C(=O)N(C(C)(CC)CC)C6=O)cc4C3=O)c2)cc1. The van der Waals surface area contributed by atoms with Gasteiger partial charge in [-0.3, -0.25) is 24.1 Å². The van der Waals surface area contributed by atoms with Crippen LogP contribution in [0.2, 0.25) is 0 Å². The second-order valence-electron chi connectivity index (χ2n) is 13.0. The fraction of sp³-hybridized carbons (Fsp3) is 0.300. The molecule has 0 bridgehead atoms. The maximum atomic E-state index is 13.6. The minimum absolute atomic E-state index is 0.0999. The summed E-state index contributed by atoms with van der Waals surface area (Å²) in [4.78, 5) is 56.0. The van der Waals surface area contributed by atoms with Crippen molar-refractivity contribution in [3.05, 3.63) is 113 Å². The highest BCUT2D eigenvalue weighted by Gasteiger charge is 2.45. The van der Waals surface area contributed by atoms with Gasteiger partial charge in [-0.1, -0.05) is 52.8 Å². The van der Waals surface area contributed by atoms with Crippen molar-refractivity contribution < 1.29 is 28.7 Å². The van der Waals surface area contributed by atoms with Crippen LogP contribution in [0, 0.1) is 0 Å². The van der Waals surface area contributed by atoms with Crippen molar-refractivity contribution in [3.63, 3.8) is 0 Å². The second-order valence-corrected chi connectivity index (χ2v) is 13.0. The molecule has 2 aliphatic rings. The Morgan fingerprint density at radius 1 is 0.521 bits per heavy atom. The van der Waals surface area contributed by atoms with Crippen molar-refractivity contribution in [1.29, 1.82) is 0 Å². The van der Waals surface area contributed by atoms with Crippen molar-refractivity contribution in [2.75, 3.05) is 4.90 Å². The van der Waals surface area contributed by atoms with E-state index in [1.807, 2.05) is 32.9 Å². The molecule has 0 aromatic heterocycles. The molecule has 4 aromatic rings. The highest BCUT2D eigenvalue weighted by Crippen LogP contribution is 2.38. The van der Waals surface area contributed by atoms with Gasteiger partial charge in [0.15, 0.2) is 0 Å². The van der Waals surface area contributed by atoms with Crippen LogP contribution in [0.1, 0.15) is 114 Å². The van der Waals surface area contributed by atoms with E-state index in [0.29, 0.717) is 47.1 Å². The highest BCUT2D eigenvalue weighted by atomic mass is 16.5. The summed E-state index contributed by atoms with van der Waals surface area (Å²) in [6, 6.07) is 24.4. The molecule has 2 heterocycles. The zero-order valence-electron chi connectivity index (χ0n) is 28.3. The largest absolute Gasteiger partial charge is 0.457 e. The molecule has 4 aromatic carbocycles. The molecule has 0 N–H and O–H groups in total. The molecule has 0 spiro atoms. The predicted molar refractivity (Wildman–Crippen MR) is 184 cm³/mol. The maximum absolute atomic E-state index is 13.6. The number of anilines is 1. The molecule has 4 amide bonds. The minimum atomic E-state index is -0.588. The first-order valence-corrected chi connectivity index (χ1v) is 16.6. The third-order valence-corrected chi connectivity index (χ3v) is 10.4. The normalized spacial score (nSPS) is 14.5. The minimum Gasteiger partial charge on any atom is -0.457 e. The van der Waals surface area contributed by atoms with Crippen molar-refractivity contribution >= 4 is 29.3 Å². The number of carbonyl (C=O) groups is 4. The van der Waals surface area contributed by atoms with Crippen LogP contribution in [0.15, 0.2) is 84.9 Å². The van der Waals surface area contributed by atoms with Crippen LogP contribution in [0.25, 0.3) is 0 Å². The van der Waals surface area contributed by atoms with E-state index >= 15 is 0 Å². The number of amides is 4. The van der Waals surface area contributed by atoms with E-state index in [4.69, 9.17) is 9.47 Å². The molecule has 0 unspecified atom stereocenters. The van der Waals surface area contributed by atoms with E-state index in [-0.39, 0.29) is 33.9 Å². The number of benzene rings is 4. The van der Waals surface area contributed by atoms with E-state index in [9.17, 15) is 19.2 Å². The highest BCUT2D eigenvalue weighted by molar-refractivity contribution is 6.34. The van der Waals surface area contributed by atoms with Crippen LogP contribution in [0.5, 0.6) is 23.0 Å². The zero-order chi connectivity index (χ0) is 34.4. The number of imide groups is 2. The third-order valence-electron chi connectivity index (χ3n) is 10.4. The van der Waals surface area contributed by atoms with Crippen LogP contribution >= 0.6 is 0 Å². The van der Waals surface area contributed by atoms with Crippen molar-refractivity contribution in [3.8, 4) is 23.0 Å². The summed E-state index contributed by atoms with van der Waals surface area (Å²) in [7, 11) is 0. The molecular formula is C40H40N2O6. The number of fused-ring (bicyclic) bond motifs is 2. The van der Waals surface area contributed by atoms with Gasteiger partial charge in [0, 0.05) is 11.6 Å². The molecule has 2 aliphatic heterocycles. The number of hydrogen-bond acceptors (Lipinski definition) is 6. The molecule has 0 aliphatic carbocycles. The second kappa shape index (κ2) is 12.4. The molecular weight excluding hydrogens is 604 g/mol. The van der Waals surface area contributed by atoms with E-state index < -0.39 is 17.4 Å². The molecule has 0 saturated carbocycles. The average Bonchev–Trinajstić information content (AvgIpc) is 3.51. The molecule has 0 atom stereocenters. The van der Waals surface area contributed by atoms with Gasteiger partial charge in [-0.2, -0.15) is 0 Å². The lowest BCUT2D eigenvalue weighted by molar-refractivity contribution is 0.0434. The number of ether oxygens (including phenoxy) is 2. The summed E-state index contributed by atoms with van der Waals surface area (Å²) in [6.07, 6.45) is 3.35. The van der Waals surface area contributed by atoms with Gasteiger partial charge in [-0.15, -0.1) is 0 Å². The molecule has 6 rings (SSSR count). The van der Waals surface area contributed by atoms with Crippen LogP contribution in [-0.4, -0.2) is 34.1 Å². The van der Waals surface area contributed by atoms with Gasteiger partial charge in [0.1, 0.15) is 23.0 Å². The van der Waals surface area contributed by atoms with E-state index in [0.717, 1.165) is 17.7 Å². The Hall–Kier alpha value is -5.24. The first-order chi connectivity index (χ1) is 23.0. The molecule has 0 saturated heterocycles. The number of carbonyl (C=O) groups excluding carboxylic acids is 4. The van der Waals surface area contributed by atoms with Crippen molar-refractivity contribution in [1.82, 2.24) is 4.90 Å². The van der Waals surface area contributed by atoms with Gasteiger partial charge in [-0.05, 0) is 104 Å². The zero-order valence-corrected chi connectivity index (χ0v) is 28.3. The Morgan fingerprint density at radius 2 is 1.00 bits per heavy atom. The van der Waals surface area contributed by atoms with Crippen LogP contribution in [0.3, 0.4) is 0 Å². The van der Waals surface area contributed by atoms with E-state index in [2.05, 4.69) is 32.9 Å². The van der Waals surface area contributed by atoms with Gasteiger partial charge >= 0.3 is 0 Å². The first-order valence-electron chi connectivity index (χ1n) is 16.6. The fourth-order valence-corrected chi connectivity index (χ4v) is 6.40. The number of hydrogen-bond donors (Lipinski definition) is 0. The van der Waals surface area contributed by atoms with Gasteiger partial charge < -0.3 is 9.47 Å². The molecule has 48 heavy (non-hydrogen) atoms. The van der Waals surface area contributed by atoms with Gasteiger partial charge in [0.05, 0.1) is 27.9 Å². The monoisotopic (exact) mass is 644 g/mol. The smallest absolute Gasteiger partial charge is 0.266 e. The van der Waals surface area contributed by atoms with Gasteiger partial charge in [-0.25, -0.2) is 4.90 Å². The lowest BCUT2D eigenvalue weighted by Crippen LogP contribution is -2.48. The lowest BCUT2D eigenvalue weighted by atomic mass is 9.78. The summed E-state index contributed by atoms with van der Waals surface area (Å²) < 4.78 is 12.2. The summed E-state index contributed by atoms with van der Waals surface area (Å²) in [5.41, 5.74) is 2.23.